The highest BCUT2D eigenvalue weighted by molar-refractivity contribution is 6.30. The second-order valence-corrected chi connectivity index (χ2v) is 3.47. The van der Waals surface area contributed by atoms with Gasteiger partial charge in [-0.1, -0.05) is 24.9 Å². The summed E-state index contributed by atoms with van der Waals surface area (Å²) in [4.78, 5) is 10.1. The maximum atomic E-state index is 5.97. The van der Waals surface area contributed by atoms with Gasteiger partial charge in [0.1, 0.15) is 17.3 Å². The van der Waals surface area contributed by atoms with Gasteiger partial charge in [-0.15, -0.1) is 0 Å². The van der Waals surface area contributed by atoms with E-state index in [-0.39, 0.29) is 0 Å². The first-order valence-electron chi connectivity index (χ1n) is 4.33. The van der Waals surface area contributed by atoms with Crippen LogP contribution < -0.4 is 4.90 Å². The molecule has 0 amide bonds. The molecule has 0 unspecified atom stereocenters. The van der Waals surface area contributed by atoms with Crippen LogP contribution in [0, 0.1) is 0 Å². The van der Waals surface area contributed by atoms with Crippen molar-refractivity contribution in [1.29, 1.82) is 0 Å². The molecule has 0 bridgehead atoms. The molecule has 0 radical (unpaired) electrons. The van der Waals surface area contributed by atoms with Gasteiger partial charge in [0.2, 0.25) is 0 Å². The van der Waals surface area contributed by atoms with Crippen molar-refractivity contribution in [3.05, 3.63) is 17.0 Å². The predicted molar refractivity (Wildman–Crippen MR) is 55.4 cm³/mol. The van der Waals surface area contributed by atoms with E-state index in [4.69, 9.17) is 11.6 Å². The van der Waals surface area contributed by atoms with E-state index >= 15 is 0 Å². The Morgan fingerprint density at radius 1 is 1.38 bits per heavy atom. The summed E-state index contributed by atoms with van der Waals surface area (Å²) >= 11 is 5.97. The van der Waals surface area contributed by atoms with Crippen LogP contribution in [0.4, 0.5) is 5.82 Å². The zero-order valence-electron chi connectivity index (χ0n) is 8.21. The van der Waals surface area contributed by atoms with Crippen LogP contribution in [-0.4, -0.2) is 24.1 Å². The highest BCUT2D eigenvalue weighted by Gasteiger charge is 2.09. The third-order valence-electron chi connectivity index (χ3n) is 1.79. The fourth-order valence-corrected chi connectivity index (χ4v) is 1.46. The molecule has 0 spiro atoms. The molecule has 0 fully saturated rings. The van der Waals surface area contributed by atoms with Crippen LogP contribution in [0.3, 0.4) is 0 Å². The number of halogens is 1. The molecule has 0 aliphatic heterocycles. The summed E-state index contributed by atoms with van der Waals surface area (Å²) < 4.78 is 0. The van der Waals surface area contributed by atoms with Crippen molar-refractivity contribution < 1.29 is 0 Å². The number of rotatable bonds is 3. The van der Waals surface area contributed by atoms with Gasteiger partial charge in [0, 0.05) is 19.7 Å². The first kappa shape index (κ1) is 10.3. The molecule has 1 heterocycles. The topological polar surface area (TPSA) is 29.0 Å². The first-order chi connectivity index (χ1) is 6.16. The second kappa shape index (κ2) is 4.42. The van der Waals surface area contributed by atoms with E-state index in [1.165, 1.54) is 6.33 Å². The minimum Gasteiger partial charge on any atom is -0.362 e. The quantitative estimate of drug-likeness (QED) is 0.699. The molecule has 1 rings (SSSR count). The lowest BCUT2D eigenvalue weighted by molar-refractivity contribution is 0.885. The molecule has 0 atom stereocenters. The van der Waals surface area contributed by atoms with E-state index in [1.54, 1.807) is 0 Å². The van der Waals surface area contributed by atoms with Crippen molar-refractivity contribution in [3.63, 3.8) is 0 Å². The van der Waals surface area contributed by atoms with Gasteiger partial charge in [-0.05, 0) is 6.42 Å². The van der Waals surface area contributed by atoms with Crippen LogP contribution >= 0.6 is 11.6 Å². The molecular formula is C9H14ClN3. The molecule has 4 heteroatoms. The molecule has 72 valence electrons. The summed E-state index contributed by atoms with van der Waals surface area (Å²) in [7, 11) is 3.91. The number of hydrogen-bond donors (Lipinski definition) is 0. The van der Waals surface area contributed by atoms with Gasteiger partial charge in [-0.2, -0.15) is 0 Å². The maximum Gasteiger partial charge on any atom is 0.137 e. The Hall–Kier alpha value is -0.830. The molecule has 1 aromatic rings. The van der Waals surface area contributed by atoms with Gasteiger partial charge in [0.15, 0.2) is 0 Å². The molecule has 0 aliphatic carbocycles. The van der Waals surface area contributed by atoms with Crippen molar-refractivity contribution in [2.45, 2.75) is 19.8 Å². The highest BCUT2D eigenvalue weighted by Crippen LogP contribution is 2.22. The van der Waals surface area contributed by atoms with Gasteiger partial charge in [0.05, 0.1) is 0 Å². The Morgan fingerprint density at radius 3 is 2.62 bits per heavy atom. The van der Waals surface area contributed by atoms with Gasteiger partial charge in [0.25, 0.3) is 0 Å². The number of anilines is 1. The van der Waals surface area contributed by atoms with Crippen LogP contribution in [0.5, 0.6) is 0 Å². The Kier molecular flexibility index (Phi) is 3.48. The normalized spacial score (nSPS) is 10.2. The SMILES string of the molecule is CCCc1c(Cl)ncnc1N(C)C. The van der Waals surface area contributed by atoms with Crippen molar-refractivity contribution >= 4 is 17.4 Å². The average molecular weight is 200 g/mol. The fourth-order valence-electron chi connectivity index (χ4n) is 1.23. The van der Waals surface area contributed by atoms with Gasteiger partial charge in [-0.3, -0.25) is 0 Å². The molecule has 0 aliphatic rings. The van der Waals surface area contributed by atoms with Crippen molar-refractivity contribution in [1.82, 2.24) is 9.97 Å². The molecule has 0 aromatic carbocycles. The van der Waals surface area contributed by atoms with E-state index < -0.39 is 0 Å². The minimum atomic E-state index is 0.570. The third-order valence-corrected chi connectivity index (χ3v) is 2.12. The molecule has 3 nitrogen and oxygen atoms in total. The van der Waals surface area contributed by atoms with Crippen LogP contribution in [0.2, 0.25) is 5.15 Å². The molecule has 0 saturated heterocycles. The van der Waals surface area contributed by atoms with Crippen molar-refractivity contribution in [2.75, 3.05) is 19.0 Å². The van der Waals surface area contributed by atoms with E-state index in [2.05, 4.69) is 16.9 Å². The highest BCUT2D eigenvalue weighted by atomic mass is 35.5. The third kappa shape index (κ3) is 2.31. The van der Waals surface area contributed by atoms with Crippen molar-refractivity contribution in [3.8, 4) is 0 Å². The molecule has 13 heavy (non-hydrogen) atoms. The summed E-state index contributed by atoms with van der Waals surface area (Å²) in [6, 6.07) is 0. The lowest BCUT2D eigenvalue weighted by Crippen LogP contribution is -2.14. The summed E-state index contributed by atoms with van der Waals surface area (Å²) in [5.41, 5.74) is 1.04. The van der Waals surface area contributed by atoms with E-state index in [9.17, 15) is 0 Å². The smallest absolute Gasteiger partial charge is 0.137 e. The van der Waals surface area contributed by atoms with E-state index in [1.807, 2.05) is 19.0 Å². The maximum absolute atomic E-state index is 5.97. The monoisotopic (exact) mass is 199 g/mol. The van der Waals surface area contributed by atoms with Crippen molar-refractivity contribution in [2.24, 2.45) is 0 Å². The average Bonchev–Trinajstić information content (AvgIpc) is 2.08. The van der Waals surface area contributed by atoms with Gasteiger partial charge in [-0.25, -0.2) is 9.97 Å². The number of aromatic nitrogens is 2. The molecule has 0 saturated carbocycles. The Labute approximate surface area is 83.8 Å². The van der Waals surface area contributed by atoms with Gasteiger partial charge < -0.3 is 4.90 Å². The summed E-state index contributed by atoms with van der Waals surface area (Å²) in [6.45, 7) is 2.11. The molecule has 1 aromatic heterocycles. The fraction of sp³-hybridized carbons (Fsp3) is 0.556. The standard InChI is InChI=1S/C9H14ClN3/c1-4-5-7-8(10)11-6-12-9(7)13(2)3/h6H,4-5H2,1-3H3. The first-order valence-corrected chi connectivity index (χ1v) is 4.71. The van der Waals surface area contributed by atoms with Gasteiger partial charge >= 0.3 is 0 Å². The lowest BCUT2D eigenvalue weighted by Gasteiger charge is -2.15. The van der Waals surface area contributed by atoms with E-state index in [0.717, 1.165) is 24.2 Å². The van der Waals surface area contributed by atoms with Crippen LogP contribution in [0.15, 0.2) is 6.33 Å². The zero-order chi connectivity index (χ0) is 9.84. The van der Waals surface area contributed by atoms with Crippen LogP contribution in [-0.2, 0) is 6.42 Å². The summed E-state index contributed by atoms with van der Waals surface area (Å²) in [5, 5.41) is 0.570. The Balaban J connectivity index is 3.09. The number of nitrogens with zero attached hydrogens (tertiary/aromatic N) is 3. The predicted octanol–water partition coefficient (Wildman–Crippen LogP) is 2.15. The molecular weight excluding hydrogens is 186 g/mol. The van der Waals surface area contributed by atoms with Crippen LogP contribution in [0.25, 0.3) is 0 Å². The van der Waals surface area contributed by atoms with Crippen LogP contribution in [0.1, 0.15) is 18.9 Å². The lowest BCUT2D eigenvalue weighted by atomic mass is 10.2. The summed E-state index contributed by atoms with van der Waals surface area (Å²) in [5.74, 6) is 0.918. The molecule has 0 N–H and O–H groups in total. The summed E-state index contributed by atoms with van der Waals surface area (Å²) in [6.07, 6.45) is 3.47. The largest absolute Gasteiger partial charge is 0.362 e. The second-order valence-electron chi connectivity index (χ2n) is 3.11. The van der Waals surface area contributed by atoms with E-state index in [0.29, 0.717) is 5.15 Å². The zero-order valence-corrected chi connectivity index (χ0v) is 8.97. The minimum absolute atomic E-state index is 0.570. The Bertz CT molecular complexity index is 286. The number of hydrogen-bond acceptors (Lipinski definition) is 3. The Morgan fingerprint density at radius 2 is 2.08 bits per heavy atom.